The first kappa shape index (κ1) is 15.0. The van der Waals surface area contributed by atoms with E-state index in [-0.39, 0.29) is 6.10 Å². The van der Waals surface area contributed by atoms with Crippen LogP contribution in [-0.4, -0.2) is 27.8 Å². The monoisotopic (exact) mass is 282 g/mol. The van der Waals surface area contributed by atoms with Crippen LogP contribution >= 0.6 is 0 Å². The lowest BCUT2D eigenvalue weighted by Gasteiger charge is -2.31. The van der Waals surface area contributed by atoms with Gasteiger partial charge in [-0.3, -0.25) is 4.79 Å². The quantitative estimate of drug-likeness (QED) is 0.863. The lowest BCUT2D eigenvalue weighted by atomic mass is 9.72. The largest absolute Gasteiger partial charge is 0.481 e. The van der Waals surface area contributed by atoms with E-state index in [9.17, 15) is 9.90 Å². The van der Waals surface area contributed by atoms with E-state index < -0.39 is 11.4 Å². The Morgan fingerprint density at radius 3 is 2.75 bits per heavy atom. The molecular formula is C14H22N2O4. The minimum absolute atomic E-state index is 0.232. The molecule has 1 heterocycles. The highest BCUT2D eigenvalue weighted by molar-refractivity contribution is 5.75. The van der Waals surface area contributed by atoms with Crippen LogP contribution in [0.5, 0.6) is 0 Å². The number of hydrogen-bond acceptors (Lipinski definition) is 5. The van der Waals surface area contributed by atoms with E-state index in [0.717, 1.165) is 19.3 Å². The Balaban J connectivity index is 2.09. The summed E-state index contributed by atoms with van der Waals surface area (Å²) in [6.45, 7) is 4.33. The fraction of sp³-hybridized carbons (Fsp3) is 0.786. The Hall–Kier alpha value is -1.43. The summed E-state index contributed by atoms with van der Waals surface area (Å²) in [5.74, 6) is 0.129. The summed E-state index contributed by atoms with van der Waals surface area (Å²) in [7, 11) is 0. The molecule has 1 aromatic heterocycles. The summed E-state index contributed by atoms with van der Waals surface area (Å²) in [6.07, 6.45) is 4.44. The van der Waals surface area contributed by atoms with E-state index in [1.54, 1.807) is 0 Å². The molecular weight excluding hydrogens is 260 g/mol. The standard InChI is InChI=1S/C14H22N2O4/c1-3-19-10(2)12-15-11(20-16-12)9-14(13(17)18)7-5-4-6-8-14/h10H,3-9H2,1-2H3,(H,17,18). The molecule has 112 valence electrons. The topological polar surface area (TPSA) is 85.5 Å². The zero-order valence-electron chi connectivity index (χ0n) is 12.1. The van der Waals surface area contributed by atoms with Crippen LogP contribution in [0.4, 0.5) is 0 Å². The molecule has 0 aliphatic heterocycles. The molecule has 0 bridgehead atoms. The van der Waals surface area contributed by atoms with Gasteiger partial charge in [0.25, 0.3) is 0 Å². The second-order valence-electron chi connectivity index (χ2n) is 5.47. The highest BCUT2D eigenvalue weighted by Gasteiger charge is 2.41. The predicted molar refractivity (Wildman–Crippen MR) is 71.2 cm³/mol. The van der Waals surface area contributed by atoms with Crippen molar-refractivity contribution in [2.45, 2.75) is 58.5 Å². The van der Waals surface area contributed by atoms with Crippen molar-refractivity contribution in [3.05, 3.63) is 11.7 Å². The Morgan fingerprint density at radius 2 is 2.15 bits per heavy atom. The molecule has 1 aliphatic rings. The van der Waals surface area contributed by atoms with Gasteiger partial charge in [-0.2, -0.15) is 4.98 Å². The summed E-state index contributed by atoms with van der Waals surface area (Å²) < 4.78 is 10.6. The van der Waals surface area contributed by atoms with Crippen molar-refractivity contribution >= 4 is 5.97 Å². The average Bonchev–Trinajstić information content (AvgIpc) is 2.88. The first-order valence-corrected chi connectivity index (χ1v) is 7.25. The summed E-state index contributed by atoms with van der Waals surface area (Å²) in [4.78, 5) is 15.9. The maximum atomic E-state index is 11.6. The van der Waals surface area contributed by atoms with Crippen LogP contribution in [0.25, 0.3) is 0 Å². The SMILES string of the molecule is CCOC(C)c1noc(CC2(C(=O)O)CCCCC2)n1. The Kier molecular flexibility index (Phi) is 4.75. The van der Waals surface area contributed by atoms with Gasteiger partial charge in [0.15, 0.2) is 5.82 Å². The van der Waals surface area contributed by atoms with Crippen LogP contribution in [-0.2, 0) is 16.0 Å². The van der Waals surface area contributed by atoms with Gasteiger partial charge in [-0.1, -0.05) is 24.4 Å². The van der Waals surface area contributed by atoms with Gasteiger partial charge in [0.2, 0.25) is 5.89 Å². The van der Waals surface area contributed by atoms with E-state index >= 15 is 0 Å². The second-order valence-corrected chi connectivity index (χ2v) is 5.47. The fourth-order valence-corrected chi connectivity index (χ4v) is 2.81. The van der Waals surface area contributed by atoms with E-state index in [1.165, 1.54) is 0 Å². The van der Waals surface area contributed by atoms with Crippen LogP contribution in [0.2, 0.25) is 0 Å². The Morgan fingerprint density at radius 1 is 1.45 bits per heavy atom. The van der Waals surface area contributed by atoms with Crippen molar-refractivity contribution < 1.29 is 19.2 Å². The van der Waals surface area contributed by atoms with Crippen molar-refractivity contribution in [3.8, 4) is 0 Å². The van der Waals surface area contributed by atoms with Crippen LogP contribution in [0.3, 0.4) is 0 Å². The van der Waals surface area contributed by atoms with Gasteiger partial charge in [-0.15, -0.1) is 0 Å². The number of aromatic nitrogens is 2. The molecule has 1 saturated carbocycles. The molecule has 1 atom stereocenters. The summed E-state index contributed by atoms with van der Waals surface area (Å²) >= 11 is 0. The number of rotatable bonds is 6. The number of carbonyl (C=O) groups is 1. The predicted octanol–water partition coefficient (Wildman–Crippen LogP) is 2.74. The molecule has 1 aromatic rings. The molecule has 6 nitrogen and oxygen atoms in total. The molecule has 0 amide bonds. The molecule has 0 radical (unpaired) electrons. The van der Waals surface area contributed by atoms with Gasteiger partial charge in [0, 0.05) is 13.0 Å². The van der Waals surface area contributed by atoms with Crippen molar-refractivity contribution in [3.63, 3.8) is 0 Å². The van der Waals surface area contributed by atoms with Gasteiger partial charge in [-0.25, -0.2) is 0 Å². The van der Waals surface area contributed by atoms with Crippen molar-refractivity contribution in [1.82, 2.24) is 10.1 Å². The number of carboxylic acid groups (broad SMARTS) is 1. The lowest BCUT2D eigenvalue weighted by molar-refractivity contribution is -0.151. The van der Waals surface area contributed by atoms with Gasteiger partial charge in [0.1, 0.15) is 6.10 Å². The number of hydrogen-bond donors (Lipinski definition) is 1. The van der Waals surface area contributed by atoms with Crippen molar-refractivity contribution in [1.29, 1.82) is 0 Å². The van der Waals surface area contributed by atoms with Crippen molar-refractivity contribution in [2.24, 2.45) is 5.41 Å². The first-order valence-electron chi connectivity index (χ1n) is 7.25. The molecule has 6 heteroatoms. The van der Waals surface area contributed by atoms with Crippen LogP contribution in [0.15, 0.2) is 4.52 Å². The number of aliphatic carboxylic acids is 1. The van der Waals surface area contributed by atoms with E-state index in [0.29, 0.717) is 37.6 Å². The second kappa shape index (κ2) is 6.35. The average molecular weight is 282 g/mol. The maximum Gasteiger partial charge on any atom is 0.310 e. The van der Waals surface area contributed by atoms with E-state index in [1.807, 2.05) is 13.8 Å². The van der Waals surface area contributed by atoms with Crippen LogP contribution < -0.4 is 0 Å². The summed E-state index contributed by atoms with van der Waals surface area (Å²) in [6, 6.07) is 0. The van der Waals surface area contributed by atoms with Gasteiger partial charge in [-0.05, 0) is 26.7 Å². The van der Waals surface area contributed by atoms with Gasteiger partial charge in [0.05, 0.1) is 5.41 Å². The normalized spacial score (nSPS) is 19.7. The molecule has 2 rings (SSSR count). The molecule has 1 aliphatic carbocycles. The highest BCUT2D eigenvalue weighted by atomic mass is 16.5. The third-order valence-electron chi connectivity index (χ3n) is 4.02. The number of ether oxygens (including phenoxy) is 1. The minimum atomic E-state index is -0.755. The minimum Gasteiger partial charge on any atom is -0.481 e. The molecule has 0 spiro atoms. The van der Waals surface area contributed by atoms with Gasteiger partial charge >= 0.3 is 5.97 Å². The zero-order chi connectivity index (χ0) is 14.6. The lowest BCUT2D eigenvalue weighted by Crippen LogP contribution is -2.35. The summed E-state index contributed by atoms with van der Waals surface area (Å²) in [5, 5.41) is 13.4. The van der Waals surface area contributed by atoms with Crippen LogP contribution in [0, 0.1) is 5.41 Å². The molecule has 20 heavy (non-hydrogen) atoms. The maximum absolute atomic E-state index is 11.6. The zero-order valence-corrected chi connectivity index (χ0v) is 12.1. The van der Waals surface area contributed by atoms with Crippen molar-refractivity contribution in [2.75, 3.05) is 6.61 Å². The highest BCUT2D eigenvalue weighted by Crippen LogP contribution is 2.39. The van der Waals surface area contributed by atoms with Crippen LogP contribution in [0.1, 0.15) is 63.8 Å². The summed E-state index contributed by atoms with van der Waals surface area (Å²) in [5.41, 5.74) is -0.739. The number of carboxylic acids is 1. The third-order valence-corrected chi connectivity index (χ3v) is 4.02. The van der Waals surface area contributed by atoms with Gasteiger partial charge < -0.3 is 14.4 Å². The Labute approximate surface area is 118 Å². The fourth-order valence-electron chi connectivity index (χ4n) is 2.81. The molecule has 1 N–H and O–H groups in total. The smallest absolute Gasteiger partial charge is 0.310 e. The third kappa shape index (κ3) is 3.17. The van der Waals surface area contributed by atoms with E-state index in [2.05, 4.69) is 10.1 Å². The molecule has 1 unspecified atom stereocenters. The van der Waals surface area contributed by atoms with E-state index in [4.69, 9.17) is 9.26 Å². The Bertz CT molecular complexity index is 452. The molecule has 1 fully saturated rings. The first-order chi connectivity index (χ1) is 9.57. The number of nitrogens with zero attached hydrogens (tertiary/aromatic N) is 2. The molecule has 0 aromatic carbocycles. The molecule has 0 saturated heterocycles.